The summed E-state index contributed by atoms with van der Waals surface area (Å²) >= 11 is 0. The Hall–Kier alpha value is -2.14. The molecule has 0 bridgehead atoms. The second-order valence-corrected chi connectivity index (χ2v) is 6.31. The Morgan fingerprint density at radius 1 is 1.21 bits per heavy atom. The van der Waals surface area contributed by atoms with Crippen molar-refractivity contribution in [2.24, 2.45) is 12.0 Å². The van der Waals surface area contributed by atoms with Crippen LogP contribution >= 0.6 is 24.0 Å². The molecule has 2 N–H and O–H groups in total. The second kappa shape index (κ2) is 10.4. The summed E-state index contributed by atoms with van der Waals surface area (Å²) in [5.74, 6) is 3.24. The molecule has 0 saturated carbocycles. The number of aryl methyl sites for hydroxylation is 2. The average molecular weight is 498 g/mol. The minimum absolute atomic E-state index is 0. The minimum atomic E-state index is 0. The maximum Gasteiger partial charge on any atom is 0.192 e. The molecule has 0 spiro atoms. The Morgan fingerprint density at radius 3 is 2.68 bits per heavy atom. The molecular weight excluding hydrogens is 471 g/mol. The molecule has 0 aliphatic heterocycles. The van der Waals surface area contributed by atoms with Gasteiger partial charge in [-0.05, 0) is 19.9 Å². The lowest BCUT2D eigenvalue weighted by molar-refractivity contribution is 0.203. The van der Waals surface area contributed by atoms with Gasteiger partial charge in [0.05, 0.1) is 13.2 Å². The predicted molar refractivity (Wildman–Crippen MR) is 120 cm³/mol. The Kier molecular flexibility index (Phi) is 8.24. The van der Waals surface area contributed by atoms with E-state index in [2.05, 4.69) is 38.8 Å². The number of aliphatic imine (C=N–C) groups is 1. The molecule has 0 atom stereocenters. The van der Waals surface area contributed by atoms with E-state index in [-0.39, 0.29) is 24.0 Å². The summed E-state index contributed by atoms with van der Waals surface area (Å²) in [5, 5.41) is 15.9. The summed E-state index contributed by atoms with van der Waals surface area (Å²) in [4.78, 5) is 4.61. The lowest BCUT2D eigenvalue weighted by Gasteiger charge is -2.12. The molecule has 0 unspecified atom stereocenters. The van der Waals surface area contributed by atoms with E-state index < -0.39 is 0 Å². The number of aromatic nitrogens is 3. The van der Waals surface area contributed by atoms with Crippen molar-refractivity contribution in [1.82, 2.24) is 25.4 Å². The van der Waals surface area contributed by atoms with Gasteiger partial charge in [0.1, 0.15) is 23.7 Å². The zero-order valence-electron chi connectivity index (χ0n) is 16.7. The van der Waals surface area contributed by atoms with E-state index in [1.807, 2.05) is 36.7 Å². The smallest absolute Gasteiger partial charge is 0.192 e. The number of rotatable bonds is 7. The van der Waals surface area contributed by atoms with Gasteiger partial charge in [0.15, 0.2) is 11.8 Å². The molecule has 0 saturated heterocycles. The van der Waals surface area contributed by atoms with Crippen LogP contribution in [-0.2, 0) is 24.9 Å². The summed E-state index contributed by atoms with van der Waals surface area (Å²) in [6.45, 7) is 6.20. The van der Waals surface area contributed by atoms with E-state index in [0.29, 0.717) is 32.2 Å². The molecule has 0 radical (unpaired) electrons. The molecular formula is C19H27IN6O2. The zero-order valence-corrected chi connectivity index (χ0v) is 19.0. The van der Waals surface area contributed by atoms with Gasteiger partial charge < -0.3 is 24.4 Å². The number of benzene rings is 1. The van der Waals surface area contributed by atoms with E-state index >= 15 is 0 Å². The van der Waals surface area contributed by atoms with Crippen molar-refractivity contribution < 1.29 is 9.15 Å². The van der Waals surface area contributed by atoms with Crippen LogP contribution in [0.4, 0.5) is 0 Å². The highest BCUT2D eigenvalue weighted by Crippen LogP contribution is 2.24. The van der Waals surface area contributed by atoms with Crippen LogP contribution in [0.1, 0.15) is 23.0 Å². The van der Waals surface area contributed by atoms with E-state index in [1.165, 1.54) is 0 Å². The molecule has 3 rings (SSSR count). The van der Waals surface area contributed by atoms with Crippen LogP contribution < -0.4 is 10.6 Å². The van der Waals surface area contributed by atoms with Crippen molar-refractivity contribution in [2.75, 3.05) is 20.3 Å². The van der Waals surface area contributed by atoms with Gasteiger partial charge in [0.25, 0.3) is 0 Å². The molecule has 8 nitrogen and oxygen atoms in total. The van der Waals surface area contributed by atoms with E-state index in [9.17, 15) is 0 Å². The number of guanidine groups is 1. The number of hydrogen-bond acceptors (Lipinski definition) is 5. The maximum absolute atomic E-state index is 5.96. The summed E-state index contributed by atoms with van der Waals surface area (Å²) in [5.41, 5.74) is 2.03. The van der Waals surface area contributed by atoms with Crippen LogP contribution in [-0.4, -0.2) is 41.0 Å². The van der Waals surface area contributed by atoms with Crippen LogP contribution in [0.3, 0.4) is 0 Å². The quantitative estimate of drug-likeness (QED) is 0.226. The molecule has 28 heavy (non-hydrogen) atoms. The summed E-state index contributed by atoms with van der Waals surface area (Å²) < 4.78 is 13.0. The van der Waals surface area contributed by atoms with Crippen LogP contribution in [0.25, 0.3) is 11.0 Å². The Labute approximate surface area is 181 Å². The van der Waals surface area contributed by atoms with E-state index in [1.54, 1.807) is 7.11 Å². The minimum Gasteiger partial charge on any atom is -0.459 e. The Balaban J connectivity index is 0.00000280. The predicted octanol–water partition coefficient (Wildman–Crippen LogP) is 2.68. The van der Waals surface area contributed by atoms with Gasteiger partial charge in [0, 0.05) is 31.7 Å². The maximum atomic E-state index is 5.96. The summed E-state index contributed by atoms with van der Waals surface area (Å²) in [7, 11) is 3.61. The lowest BCUT2D eigenvalue weighted by atomic mass is 10.1. The average Bonchev–Trinajstić information content (AvgIpc) is 3.17. The van der Waals surface area contributed by atoms with Gasteiger partial charge in [0.2, 0.25) is 0 Å². The first-order valence-electron chi connectivity index (χ1n) is 8.93. The third kappa shape index (κ3) is 5.22. The van der Waals surface area contributed by atoms with Gasteiger partial charge in [-0.15, -0.1) is 34.2 Å². The highest BCUT2D eigenvalue weighted by molar-refractivity contribution is 14.0. The van der Waals surface area contributed by atoms with Crippen LogP contribution in [0.15, 0.2) is 33.7 Å². The highest BCUT2D eigenvalue weighted by atomic mass is 127. The molecule has 2 aromatic heterocycles. The van der Waals surface area contributed by atoms with Gasteiger partial charge >= 0.3 is 0 Å². The molecule has 152 valence electrons. The van der Waals surface area contributed by atoms with Crippen molar-refractivity contribution in [1.29, 1.82) is 0 Å². The standard InChI is InChI=1S/C19H26N6O2.HI/c1-13-15-7-5-6-8-16(15)27-17(13)11-21-19(20-9-10-26-4)22-12-18-24-23-14(2)25(18)3;/h5-8H,9-12H2,1-4H3,(H2,20,21,22);1H. The van der Waals surface area contributed by atoms with Gasteiger partial charge in [-0.2, -0.15) is 0 Å². The van der Waals surface area contributed by atoms with Gasteiger partial charge in [-0.25, -0.2) is 4.99 Å². The second-order valence-electron chi connectivity index (χ2n) is 6.31. The topological polar surface area (TPSA) is 89.5 Å². The molecule has 0 aliphatic rings. The fraction of sp³-hybridized carbons (Fsp3) is 0.421. The number of furan rings is 1. The molecule has 0 amide bonds. The highest BCUT2D eigenvalue weighted by Gasteiger charge is 2.11. The third-order valence-electron chi connectivity index (χ3n) is 4.52. The third-order valence-corrected chi connectivity index (χ3v) is 4.52. The Morgan fingerprint density at radius 2 is 2.00 bits per heavy atom. The van der Waals surface area contributed by atoms with Crippen molar-refractivity contribution in [3.63, 3.8) is 0 Å². The molecule has 9 heteroatoms. The van der Waals surface area contributed by atoms with Gasteiger partial charge in [-0.3, -0.25) is 0 Å². The number of methoxy groups -OCH3 is 1. The van der Waals surface area contributed by atoms with E-state index in [4.69, 9.17) is 9.15 Å². The van der Waals surface area contributed by atoms with Crippen molar-refractivity contribution >= 4 is 40.9 Å². The van der Waals surface area contributed by atoms with Gasteiger partial charge in [-0.1, -0.05) is 18.2 Å². The fourth-order valence-electron chi connectivity index (χ4n) is 2.74. The van der Waals surface area contributed by atoms with Crippen molar-refractivity contribution in [3.8, 4) is 0 Å². The summed E-state index contributed by atoms with van der Waals surface area (Å²) in [6.07, 6.45) is 0. The number of ether oxygens (including phenoxy) is 1. The lowest BCUT2D eigenvalue weighted by Crippen LogP contribution is -2.38. The fourth-order valence-corrected chi connectivity index (χ4v) is 2.74. The van der Waals surface area contributed by atoms with Crippen LogP contribution in [0, 0.1) is 13.8 Å². The monoisotopic (exact) mass is 498 g/mol. The SMILES string of the molecule is COCCNC(=NCc1nnc(C)n1C)NCc1oc2ccccc2c1C.I. The normalized spacial score (nSPS) is 11.5. The Bertz CT molecular complexity index is 934. The molecule has 0 aliphatic carbocycles. The number of para-hydroxylation sites is 1. The van der Waals surface area contributed by atoms with Crippen LogP contribution in [0.5, 0.6) is 0 Å². The first-order valence-corrected chi connectivity index (χ1v) is 8.93. The summed E-state index contributed by atoms with van der Waals surface area (Å²) in [6, 6.07) is 8.04. The first-order chi connectivity index (χ1) is 13.1. The molecule has 0 fully saturated rings. The number of halogens is 1. The molecule has 3 aromatic rings. The number of nitrogens with one attached hydrogen (secondary N) is 2. The zero-order chi connectivity index (χ0) is 19.2. The number of nitrogens with zero attached hydrogens (tertiary/aromatic N) is 4. The molecule has 2 heterocycles. The molecule has 1 aromatic carbocycles. The largest absolute Gasteiger partial charge is 0.459 e. The van der Waals surface area contributed by atoms with Crippen LogP contribution in [0.2, 0.25) is 0 Å². The number of fused-ring (bicyclic) bond motifs is 1. The van der Waals surface area contributed by atoms with Crippen molar-refractivity contribution in [3.05, 3.63) is 47.2 Å². The number of hydrogen-bond donors (Lipinski definition) is 2. The van der Waals surface area contributed by atoms with E-state index in [0.717, 1.165) is 33.9 Å². The van der Waals surface area contributed by atoms with Crippen molar-refractivity contribution in [2.45, 2.75) is 26.9 Å². The first kappa shape index (κ1) is 22.2.